The Morgan fingerprint density at radius 2 is 1.95 bits per heavy atom. The molecule has 21 heavy (non-hydrogen) atoms. The van der Waals surface area contributed by atoms with Gasteiger partial charge < -0.3 is 16.0 Å². The number of carbonyl (C=O) groups excluding carboxylic acids is 1. The average Bonchev–Trinajstić information content (AvgIpc) is 3.03. The quantitative estimate of drug-likeness (QED) is 0.790. The van der Waals surface area contributed by atoms with Crippen LogP contribution in [0.25, 0.3) is 0 Å². The Morgan fingerprint density at radius 1 is 1.29 bits per heavy atom. The van der Waals surface area contributed by atoms with Crippen LogP contribution in [0.2, 0.25) is 0 Å². The largest absolute Gasteiger partial charge is 0.396 e. The minimum absolute atomic E-state index is 0.117. The van der Waals surface area contributed by atoms with Gasteiger partial charge in [-0.05, 0) is 44.2 Å². The van der Waals surface area contributed by atoms with Crippen LogP contribution in [0.15, 0.2) is 0 Å². The Hall–Kier alpha value is -0.820. The minimum atomic E-state index is -4.36. The molecule has 0 spiro atoms. The van der Waals surface area contributed by atoms with Gasteiger partial charge >= 0.3 is 6.18 Å². The number of halogens is 3. The van der Waals surface area contributed by atoms with Crippen molar-refractivity contribution in [2.24, 2.45) is 28.4 Å². The highest BCUT2D eigenvalue weighted by Crippen LogP contribution is 2.76. The van der Waals surface area contributed by atoms with E-state index in [-0.39, 0.29) is 18.9 Å². The molecule has 5 rings (SSSR count). The lowest BCUT2D eigenvalue weighted by atomic mass is 9.70. The molecule has 0 radical (unpaired) electrons. The zero-order valence-electron chi connectivity index (χ0n) is 11.7. The minimum Gasteiger partial charge on any atom is -0.369 e. The molecular weight excluding hydrogens is 283 g/mol. The van der Waals surface area contributed by atoms with Crippen LogP contribution >= 0.6 is 0 Å². The monoisotopic (exact) mass is 303 g/mol. The van der Waals surface area contributed by atoms with Gasteiger partial charge in [-0.3, -0.25) is 4.79 Å². The molecule has 0 aromatic carbocycles. The van der Waals surface area contributed by atoms with Gasteiger partial charge in [0.2, 0.25) is 5.91 Å². The van der Waals surface area contributed by atoms with Gasteiger partial charge in [0.15, 0.2) is 0 Å². The van der Waals surface area contributed by atoms with E-state index in [9.17, 15) is 18.0 Å². The highest BCUT2D eigenvalue weighted by Gasteiger charge is 2.87. The Kier molecular flexibility index (Phi) is 2.58. The third kappa shape index (κ3) is 1.51. The molecule has 4 saturated heterocycles. The Balaban J connectivity index is 1.67. The third-order valence-electron chi connectivity index (χ3n) is 6.58. The first-order valence-corrected chi connectivity index (χ1v) is 7.64. The number of primary amides is 1. The third-order valence-corrected chi connectivity index (χ3v) is 6.58. The zero-order chi connectivity index (χ0) is 15.0. The summed E-state index contributed by atoms with van der Waals surface area (Å²) < 4.78 is 40.4. The Bertz CT molecular complexity index is 488. The summed E-state index contributed by atoms with van der Waals surface area (Å²) in [6, 6.07) is -0.412. The van der Waals surface area contributed by atoms with E-state index in [0.29, 0.717) is 5.92 Å². The summed E-state index contributed by atoms with van der Waals surface area (Å²) in [5.74, 6) is -0.230. The molecule has 1 saturated carbocycles. The second kappa shape index (κ2) is 3.93. The second-order valence-electron chi connectivity index (χ2n) is 7.25. The van der Waals surface area contributed by atoms with Gasteiger partial charge in [0.1, 0.15) is 0 Å². The molecule has 4 aliphatic heterocycles. The van der Waals surface area contributed by atoms with E-state index < -0.39 is 29.0 Å². The molecule has 1 aliphatic carbocycles. The summed E-state index contributed by atoms with van der Waals surface area (Å²) >= 11 is 0. The molecule has 3 unspecified atom stereocenters. The first-order chi connectivity index (χ1) is 9.82. The van der Waals surface area contributed by atoms with Crippen molar-refractivity contribution in [1.29, 1.82) is 0 Å². The topological polar surface area (TPSA) is 58.4 Å². The van der Waals surface area contributed by atoms with Gasteiger partial charge in [-0.2, -0.15) is 13.2 Å². The van der Waals surface area contributed by atoms with Crippen LogP contribution in [-0.2, 0) is 4.79 Å². The standard InChI is InChI=1S/C14H20F3N3O/c15-14(16,17)12-6-13(12,11(18)21)10(19-7-12)9-5-20-3-1-8(9)2-4-20/h8-10,19H,1-7H2,(H2,18,21)/t9-,10?,12?,13?/m0/s1. The zero-order valence-corrected chi connectivity index (χ0v) is 11.7. The number of alkyl halides is 3. The fraction of sp³-hybridized carbons (Fsp3) is 0.929. The van der Waals surface area contributed by atoms with Gasteiger partial charge in [-0.15, -0.1) is 0 Å². The van der Waals surface area contributed by atoms with Crippen molar-refractivity contribution in [2.45, 2.75) is 31.5 Å². The number of nitrogens with two attached hydrogens (primary N) is 1. The molecule has 7 heteroatoms. The summed E-state index contributed by atoms with van der Waals surface area (Å²) in [6.07, 6.45) is -2.44. The molecule has 118 valence electrons. The van der Waals surface area contributed by atoms with E-state index in [0.717, 1.165) is 32.5 Å². The molecule has 0 aromatic rings. The summed E-state index contributed by atoms with van der Waals surface area (Å²) in [4.78, 5) is 14.2. The first-order valence-electron chi connectivity index (χ1n) is 7.64. The maximum Gasteiger partial charge on any atom is 0.396 e. The van der Waals surface area contributed by atoms with E-state index in [1.165, 1.54) is 0 Å². The van der Waals surface area contributed by atoms with Crippen molar-refractivity contribution in [3.8, 4) is 0 Å². The number of carbonyl (C=O) groups is 1. The predicted octanol–water partition coefficient (Wildman–Crippen LogP) is 0.724. The van der Waals surface area contributed by atoms with Gasteiger partial charge in [0.25, 0.3) is 0 Å². The maximum atomic E-state index is 13.5. The normalized spacial score (nSPS) is 51.8. The Morgan fingerprint density at radius 3 is 2.38 bits per heavy atom. The molecule has 3 N–H and O–H groups in total. The first kappa shape index (κ1) is 13.8. The van der Waals surface area contributed by atoms with Crippen molar-refractivity contribution in [3.05, 3.63) is 0 Å². The van der Waals surface area contributed by atoms with Crippen LogP contribution in [0.5, 0.6) is 0 Å². The number of piperidine rings is 4. The highest BCUT2D eigenvalue weighted by molar-refractivity contribution is 5.88. The van der Waals surface area contributed by atoms with Crippen LogP contribution < -0.4 is 11.1 Å². The maximum absolute atomic E-state index is 13.5. The van der Waals surface area contributed by atoms with E-state index in [4.69, 9.17) is 5.73 Å². The van der Waals surface area contributed by atoms with Crippen molar-refractivity contribution in [2.75, 3.05) is 26.2 Å². The molecule has 5 aliphatic rings. The van der Waals surface area contributed by atoms with Crippen molar-refractivity contribution >= 4 is 5.91 Å². The summed E-state index contributed by atoms with van der Waals surface area (Å²) in [6.45, 7) is 2.70. The van der Waals surface area contributed by atoms with Gasteiger partial charge in [0, 0.05) is 19.1 Å². The molecule has 4 heterocycles. The molecule has 4 atom stereocenters. The number of nitrogens with zero attached hydrogens (tertiary/aromatic N) is 1. The van der Waals surface area contributed by atoms with Gasteiger partial charge in [-0.25, -0.2) is 0 Å². The van der Waals surface area contributed by atoms with Crippen LogP contribution in [-0.4, -0.2) is 49.2 Å². The number of hydrogen-bond donors (Lipinski definition) is 2. The number of nitrogens with one attached hydrogen (secondary N) is 1. The smallest absolute Gasteiger partial charge is 0.369 e. The van der Waals surface area contributed by atoms with Gasteiger partial charge in [-0.1, -0.05) is 0 Å². The van der Waals surface area contributed by atoms with Crippen LogP contribution in [0.1, 0.15) is 19.3 Å². The van der Waals surface area contributed by atoms with E-state index in [2.05, 4.69) is 10.2 Å². The fourth-order valence-corrected chi connectivity index (χ4v) is 5.35. The molecule has 2 bridgehead atoms. The number of hydrogen-bond acceptors (Lipinski definition) is 3. The summed E-state index contributed by atoms with van der Waals surface area (Å²) in [7, 11) is 0. The molecule has 5 fully saturated rings. The number of amides is 1. The average molecular weight is 303 g/mol. The van der Waals surface area contributed by atoms with Gasteiger partial charge in [0.05, 0.1) is 10.8 Å². The fourth-order valence-electron chi connectivity index (χ4n) is 5.35. The summed E-state index contributed by atoms with van der Waals surface area (Å²) in [5, 5.41) is 3.03. The lowest BCUT2D eigenvalue weighted by Crippen LogP contribution is -2.57. The molecular formula is C14H20F3N3O. The highest BCUT2D eigenvalue weighted by atomic mass is 19.4. The SMILES string of the molecule is NC(=O)C12CC1(C(F)(F)F)CNC2[C@H]1CN2CCC1CC2. The molecule has 0 aromatic heterocycles. The number of fused-ring (bicyclic) bond motifs is 4. The summed E-state index contributed by atoms with van der Waals surface area (Å²) in [5.41, 5.74) is 2.14. The Labute approximate surface area is 121 Å². The van der Waals surface area contributed by atoms with E-state index >= 15 is 0 Å². The predicted molar refractivity (Wildman–Crippen MR) is 69.2 cm³/mol. The lowest BCUT2D eigenvalue weighted by Gasteiger charge is -2.48. The van der Waals surface area contributed by atoms with E-state index in [1.807, 2.05) is 0 Å². The van der Waals surface area contributed by atoms with E-state index in [1.54, 1.807) is 0 Å². The molecule has 4 nitrogen and oxygen atoms in total. The second-order valence-corrected chi connectivity index (χ2v) is 7.25. The van der Waals surface area contributed by atoms with Crippen molar-refractivity contribution in [1.82, 2.24) is 10.2 Å². The molecule has 1 amide bonds. The van der Waals surface area contributed by atoms with Crippen LogP contribution in [0.4, 0.5) is 13.2 Å². The lowest BCUT2D eigenvalue weighted by molar-refractivity contribution is -0.193. The van der Waals surface area contributed by atoms with Crippen molar-refractivity contribution < 1.29 is 18.0 Å². The number of rotatable bonds is 2. The van der Waals surface area contributed by atoms with Crippen LogP contribution in [0.3, 0.4) is 0 Å². The van der Waals surface area contributed by atoms with Crippen molar-refractivity contribution in [3.63, 3.8) is 0 Å². The van der Waals surface area contributed by atoms with Crippen LogP contribution in [0, 0.1) is 22.7 Å².